The van der Waals surface area contributed by atoms with Crippen LogP contribution in [0, 0.1) is 0 Å². The van der Waals surface area contributed by atoms with Gasteiger partial charge in [-0.15, -0.1) is 13.2 Å². The molecule has 0 atom stereocenters. The van der Waals surface area contributed by atoms with Crippen LogP contribution >= 0.6 is 0 Å². The summed E-state index contributed by atoms with van der Waals surface area (Å²) in [4.78, 5) is 21.3. The molecule has 0 spiro atoms. The number of benzene rings is 2. The second kappa shape index (κ2) is 7.79. The third kappa shape index (κ3) is 4.22. The number of hydrogen-bond donors (Lipinski definition) is 2. The van der Waals surface area contributed by atoms with Gasteiger partial charge >= 0.3 is 12.4 Å². The van der Waals surface area contributed by atoms with Crippen LogP contribution in [0.25, 0.3) is 22.1 Å². The molecule has 0 fully saturated rings. The van der Waals surface area contributed by atoms with Gasteiger partial charge in [0.05, 0.1) is 22.9 Å². The van der Waals surface area contributed by atoms with Crippen molar-refractivity contribution < 1.29 is 27.1 Å². The van der Waals surface area contributed by atoms with Gasteiger partial charge in [0.15, 0.2) is 5.58 Å². The first-order chi connectivity index (χ1) is 16.1. The Morgan fingerprint density at radius 3 is 2.65 bits per heavy atom. The van der Waals surface area contributed by atoms with E-state index in [-0.39, 0.29) is 17.5 Å². The monoisotopic (exact) mass is 471 g/mol. The Balaban J connectivity index is 1.39. The van der Waals surface area contributed by atoms with Crippen molar-refractivity contribution in [2.75, 3.05) is 10.6 Å². The Hall–Kier alpha value is -4.55. The molecule has 13 heteroatoms. The van der Waals surface area contributed by atoms with Gasteiger partial charge in [0.25, 0.3) is 5.91 Å². The first kappa shape index (κ1) is 21.3. The number of rotatable bonds is 5. The molecule has 0 saturated heterocycles. The lowest BCUT2D eigenvalue weighted by Crippen LogP contribution is -2.16. The molecule has 1 amide bonds. The molecule has 174 valence electrons. The quantitative estimate of drug-likeness (QED) is 0.392. The molecule has 0 aliphatic heterocycles. The van der Waals surface area contributed by atoms with Gasteiger partial charge in [-0.25, -0.2) is 4.98 Å². The Morgan fingerprint density at radius 2 is 1.91 bits per heavy atom. The molecule has 10 nitrogen and oxygen atoms in total. The standard InChI is InChI=1S/C21H16F3N7O3/c1-30-10-12(9-25-30)26-18(32)11-3-6-16-15(7-11)27-19(31(16)2)29-20-28-14-5-4-13(8-17(14)33-20)34-21(22,23)24/h3-10H,1-2H3,(H,26,32)(H,27,28,29). The van der Waals surface area contributed by atoms with E-state index in [0.717, 1.165) is 17.6 Å². The van der Waals surface area contributed by atoms with Gasteiger partial charge in [-0.2, -0.15) is 10.1 Å². The lowest BCUT2D eigenvalue weighted by Gasteiger charge is -2.07. The van der Waals surface area contributed by atoms with Crippen molar-refractivity contribution in [1.29, 1.82) is 0 Å². The fourth-order valence-electron chi connectivity index (χ4n) is 3.39. The zero-order valence-electron chi connectivity index (χ0n) is 17.7. The molecule has 3 heterocycles. The maximum absolute atomic E-state index is 12.6. The molecule has 3 aromatic heterocycles. The number of amides is 1. The molecule has 5 rings (SSSR count). The predicted octanol–water partition coefficient (Wildman–Crippen LogP) is 4.34. The summed E-state index contributed by atoms with van der Waals surface area (Å²) in [5.41, 5.74) is 2.69. The zero-order valence-corrected chi connectivity index (χ0v) is 17.7. The number of carbonyl (C=O) groups excluding carboxylic acids is 1. The summed E-state index contributed by atoms with van der Waals surface area (Å²) in [7, 11) is 3.50. The van der Waals surface area contributed by atoms with Crippen LogP contribution < -0.4 is 15.4 Å². The van der Waals surface area contributed by atoms with E-state index >= 15 is 0 Å². The molecule has 0 radical (unpaired) electrons. The van der Waals surface area contributed by atoms with Gasteiger partial charge in [0, 0.05) is 31.9 Å². The number of oxazole rings is 1. The smallest absolute Gasteiger partial charge is 0.423 e. The number of hydrogen-bond acceptors (Lipinski definition) is 7. The van der Waals surface area contributed by atoms with Crippen LogP contribution in [0.15, 0.2) is 53.2 Å². The van der Waals surface area contributed by atoms with Crippen LogP contribution in [-0.2, 0) is 14.1 Å². The maximum atomic E-state index is 12.6. The van der Waals surface area contributed by atoms with E-state index in [1.54, 1.807) is 47.7 Å². The van der Waals surface area contributed by atoms with Gasteiger partial charge in [0.1, 0.15) is 11.3 Å². The van der Waals surface area contributed by atoms with Crippen molar-refractivity contribution in [1.82, 2.24) is 24.3 Å². The van der Waals surface area contributed by atoms with Gasteiger partial charge in [-0.3, -0.25) is 14.8 Å². The largest absolute Gasteiger partial charge is 0.573 e. The second-order valence-corrected chi connectivity index (χ2v) is 7.38. The molecule has 2 N–H and O–H groups in total. The van der Waals surface area contributed by atoms with Crippen molar-refractivity contribution in [2.24, 2.45) is 14.1 Å². The maximum Gasteiger partial charge on any atom is 0.573 e. The van der Waals surface area contributed by atoms with E-state index in [0.29, 0.717) is 28.2 Å². The molecule has 0 aliphatic rings. The number of nitrogens with zero attached hydrogens (tertiary/aromatic N) is 5. The number of aryl methyl sites for hydroxylation is 2. The highest BCUT2D eigenvalue weighted by Crippen LogP contribution is 2.29. The highest BCUT2D eigenvalue weighted by molar-refractivity contribution is 6.06. The Labute approximate surface area is 189 Å². The van der Waals surface area contributed by atoms with Gasteiger partial charge in [-0.1, -0.05) is 0 Å². The minimum atomic E-state index is -4.81. The molecule has 0 aliphatic carbocycles. The van der Waals surface area contributed by atoms with Crippen LogP contribution in [-0.4, -0.2) is 36.6 Å². The van der Waals surface area contributed by atoms with Crippen LogP contribution in [0.2, 0.25) is 0 Å². The minimum Gasteiger partial charge on any atom is -0.423 e. The van der Waals surface area contributed by atoms with Crippen LogP contribution in [0.1, 0.15) is 10.4 Å². The molecule has 2 aromatic carbocycles. The number of halogens is 3. The van der Waals surface area contributed by atoms with Crippen LogP contribution in [0.4, 0.5) is 30.8 Å². The highest BCUT2D eigenvalue weighted by Gasteiger charge is 2.31. The summed E-state index contributed by atoms with van der Waals surface area (Å²) in [6.07, 6.45) is -1.59. The highest BCUT2D eigenvalue weighted by atomic mass is 19.4. The first-order valence-electron chi connectivity index (χ1n) is 9.84. The normalized spacial score (nSPS) is 11.8. The van der Waals surface area contributed by atoms with Crippen molar-refractivity contribution in [3.05, 3.63) is 54.4 Å². The summed E-state index contributed by atoms with van der Waals surface area (Å²) >= 11 is 0. The van der Waals surface area contributed by atoms with E-state index in [4.69, 9.17) is 4.42 Å². The number of anilines is 3. The SMILES string of the molecule is Cn1cc(NC(=O)c2ccc3c(c2)nc(Nc2nc4ccc(OC(F)(F)F)cc4o2)n3C)cn1. The number of imidazole rings is 1. The number of fused-ring (bicyclic) bond motifs is 2. The minimum absolute atomic E-state index is 0.0344. The van der Waals surface area contributed by atoms with E-state index < -0.39 is 12.1 Å². The molecular formula is C21H16F3N7O3. The van der Waals surface area contributed by atoms with E-state index in [1.165, 1.54) is 12.3 Å². The predicted molar refractivity (Wildman–Crippen MR) is 116 cm³/mol. The lowest BCUT2D eigenvalue weighted by atomic mass is 10.2. The number of alkyl halides is 3. The number of carbonyl (C=O) groups is 1. The van der Waals surface area contributed by atoms with E-state index in [1.807, 2.05) is 0 Å². The third-order valence-electron chi connectivity index (χ3n) is 4.92. The number of aromatic nitrogens is 5. The summed E-state index contributed by atoms with van der Waals surface area (Å²) < 4.78 is 50.1. The number of nitrogens with one attached hydrogen (secondary N) is 2. The van der Waals surface area contributed by atoms with Crippen LogP contribution in [0.5, 0.6) is 5.75 Å². The summed E-state index contributed by atoms with van der Waals surface area (Å²) in [5, 5.41) is 9.68. The third-order valence-corrected chi connectivity index (χ3v) is 4.92. The fraction of sp³-hybridized carbons (Fsp3) is 0.143. The van der Waals surface area contributed by atoms with Crippen molar-refractivity contribution >= 4 is 45.7 Å². The summed E-state index contributed by atoms with van der Waals surface area (Å²) in [5.74, 6) is -0.369. The lowest BCUT2D eigenvalue weighted by molar-refractivity contribution is -0.274. The molecule has 5 aromatic rings. The van der Waals surface area contributed by atoms with Gasteiger partial charge < -0.3 is 19.0 Å². The van der Waals surface area contributed by atoms with Crippen molar-refractivity contribution in [3.8, 4) is 5.75 Å². The fourth-order valence-corrected chi connectivity index (χ4v) is 3.39. The molecule has 0 saturated carbocycles. The number of ether oxygens (including phenoxy) is 1. The van der Waals surface area contributed by atoms with E-state index in [9.17, 15) is 18.0 Å². The van der Waals surface area contributed by atoms with Crippen molar-refractivity contribution in [3.63, 3.8) is 0 Å². The average molecular weight is 471 g/mol. The Morgan fingerprint density at radius 1 is 1.09 bits per heavy atom. The van der Waals surface area contributed by atoms with E-state index in [2.05, 4.69) is 30.4 Å². The molecule has 0 unspecified atom stereocenters. The second-order valence-electron chi connectivity index (χ2n) is 7.38. The van der Waals surface area contributed by atoms with Crippen molar-refractivity contribution in [2.45, 2.75) is 6.36 Å². The Kier molecular flexibility index (Phi) is 4.88. The van der Waals surface area contributed by atoms with Gasteiger partial charge in [0.2, 0.25) is 5.95 Å². The topological polar surface area (TPSA) is 112 Å². The zero-order chi connectivity index (χ0) is 24.0. The molecular weight excluding hydrogens is 455 g/mol. The summed E-state index contributed by atoms with van der Waals surface area (Å²) in [6, 6.07) is 8.69. The molecule has 34 heavy (non-hydrogen) atoms. The van der Waals surface area contributed by atoms with Crippen LogP contribution in [0.3, 0.4) is 0 Å². The van der Waals surface area contributed by atoms with Gasteiger partial charge in [-0.05, 0) is 30.3 Å². The molecule has 0 bridgehead atoms. The summed E-state index contributed by atoms with van der Waals surface area (Å²) in [6.45, 7) is 0. The average Bonchev–Trinajstić information content (AvgIpc) is 3.44. The first-order valence-corrected chi connectivity index (χ1v) is 9.84. The Bertz CT molecular complexity index is 1530.